The number of carbonyl (C=O) groups is 2. The van der Waals surface area contributed by atoms with E-state index in [0.29, 0.717) is 16.5 Å². The van der Waals surface area contributed by atoms with Crippen LogP contribution >= 0.6 is 11.3 Å². The van der Waals surface area contributed by atoms with Gasteiger partial charge in [-0.1, -0.05) is 19.9 Å². The molecule has 1 aromatic heterocycles. The van der Waals surface area contributed by atoms with E-state index >= 15 is 0 Å². The van der Waals surface area contributed by atoms with Gasteiger partial charge in [0.2, 0.25) is 0 Å². The number of benzene rings is 1. The zero-order valence-electron chi connectivity index (χ0n) is 12.7. The SMILES string of the molecule is Cc1nc(CC(C)C)c(C(=O)Nc2cccc(C(=O)O)c2)s1. The highest BCUT2D eigenvalue weighted by atomic mass is 32.1. The summed E-state index contributed by atoms with van der Waals surface area (Å²) < 4.78 is 0. The van der Waals surface area contributed by atoms with E-state index in [2.05, 4.69) is 24.1 Å². The second kappa shape index (κ2) is 6.70. The molecule has 1 aromatic carbocycles. The molecule has 0 aliphatic rings. The summed E-state index contributed by atoms with van der Waals surface area (Å²) in [7, 11) is 0. The van der Waals surface area contributed by atoms with Crippen molar-refractivity contribution in [2.24, 2.45) is 5.92 Å². The van der Waals surface area contributed by atoms with Crippen LogP contribution in [0.4, 0.5) is 5.69 Å². The Bertz CT molecular complexity index is 707. The van der Waals surface area contributed by atoms with Crippen LogP contribution in [0.25, 0.3) is 0 Å². The maximum atomic E-state index is 12.4. The number of hydrogen-bond acceptors (Lipinski definition) is 4. The van der Waals surface area contributed by atoms with Gasteiger partial charge < -0.3 is 10.4 Å². The molecule has 0 aliphatic heterocycles. The summed E-state index contributed by atoms with van der Waals surface area (Å²) in [6.45, 7) is 6.02. The van der Waals surface area contributed by atoms with E-state index in [1.807, 2.05) is 6.92 Å². The minimum absolute atomic E-state index is 0.140. The lowest BCUT2D eigenvalue weighted by Gasteiger charge is -2.07. The summed E-state index contributed by atoms with van der Waals surface area (Å²) in [4.78, 5) is 28.4. The Hall–Kier alpha value is -2.21. The molecule has 0 saturated heterocycles. The number of amides is 1. The van der Waals surface area contributed by atoms with E-state index < -0.39 is 5.97 Å². The smallest absolute Gasteiger partial charge is 0.335 e. The van der Waals surface area contributed by atoms with Gasteiger partial charge in [-0.2, -0.15) is 0 Å². The summed E-state index contributed by atoms with van der Waals surface area (Å²) in [5.74, 6) is -0.864. The molecule has 0 atom stereocenters. The molecule has 1 heterocycles. The fraction of sp³-hybridized carbons (Fsp3) is 0.312. The van der Waals surface area contributed by atoms with Crippen LogP contribution in [0.15, 0.2) is 24.3 Å². The van der Waals surface area contributed by atoms with E-state index in [1.165, 1.54) is 23.5 Å². The molecule has 2 aromatic rings. The number of hydrogen-bond donors (Lipinski definition) is 2. The number of carboxylic acids is 1. The van der Waals surface area contributed by atoms with Crippen LogP contribution in [0.3, 0.4) is 0 Å². The molecular formula is C16H18N2O3S. The van der Waals surface area contributed by atoms with Crippen molar-refractivity contribution in [3.63, 3.8) is 0 Å². The first-order valence-corrected chi connectivity index (χ1v) is 7.79. The van der Waals surface area contributed by atoms with E-state index in [4.69, 9.17) is 5.11 Å². The van der Waals surface area contributed by atoms with Crippen LogP contribution in [0.1, 0.15) is 44.6 Å². The first-order chi connectivity index (χ1) is 10.4. The second-order valence-electron chi connectivity index (χ2n) is 5.45. The third-order valence-electron chi connectivity index (χ3n) is 2.98. The monoisotopic (exact) mass is 318 g/mol. The summed E-state index contributed by atoms with van der Waals surface area (Å²) in [5.41, 5.74) is 1.40. The Morgan fingerprint density at radius 2 is 2.09 bits per heavy atom. The largest absolute Gasteiger partial charge is 0.478 e. The van der Waals surface area contributed by atoms with Crippen molar-refractivity contribution >= 4 is 28.9 Å². The van der Waals surface area contributed by atoms with Crippen LogP contribution in [-0.4, -0.2) is 22.0 Å². The number of rotatable bonds is 5. The highest BCUT2D eigenvalue weighted by Gasteiger charge is 2.18. The zero-order chi connectivity index (χ0) is 16.3. The van der Waals surface area contributed by atoms with Gasteiger partial charge in [0.15, 0.2) is 0 Å². The highest BCUT2D eigenvalue weighted by molar-refractivity contribution is 7.13. The summed E-state index contributed by atoms with van der Waals surface area (Å²) in [6.07, 6.45) is 0.738. The lowest BCUT2D eigenvalue weighted by atomic mass is 10.1. The van der Waals surface area contributed by atoms with Crippen molar-refractivity contribution in [2.75, 3.05) is 5.32 Å². The minimum Gasteiger partial charge on any atom is -0.478 e. The van der Waals surface area contributed by atoms with Gasteiger partial charge in [-0.05, 0) is 37.5 Å². The molecule has 0 radical (unpaired) electrons. The van der Waals surface area contributed by atoms with Gasteiger partial charge in [0.25, 0.3) is 5.91 Å². The fourth-order valence-corrected chi connectivity index (χ4v) is 2.93. The quantitative estimate of drug-likeness (QED) is 0.883. The molecule has 0 spiro atoms. The van der Waals surface area contributed by atoms with E-state index in [1.54, 1.807) is 12.1 Å². The van der Waals surface area contributed by atoms with E-state index in [-0.39, 0.29) is 11.5 Å². The predicted octanol–water partition coefficient (Wildman–Crippen LogP) is 3.60. The Balaban J connectivity index is 2.22. The van der Waals surface area contributed by atoms with Gasteiger partial charge >= 0.3 is 5.97 Å². The number of thiazole rings is 1. The number of nitrogens with zero attached hydrogens (tertiary/aromatic N) is 1. The maximum Gasteiger partial charge on any atom is 0.335 e. The van der Waals surface area contributed by atoms with Crippen LogP contribution in [0, 0.1) is 12.8 Å². The molecule has 2 N–H and O–H groups in total. The Labute approximate surface area is 133 Å². The third kappa shape index (κ3) is 3.92. The number of aryl methyl sites for hydroxylation is 1. The van der Waals surface area contributed by atoms with Gasteiger partial charge in [0.1, 0.15) is 4.88 Å². The number of anilines is 1. The molecule has 1 amide bonds. The van der Waals surface area contributed by atoms with Crippen molar-refractivity contribution in [1.29, 1.82) is 0 Å². The Morgan fingerprint density at radius 3 is 2.73 bits per heavy atom. The first-order valence-electron chi connectivity index (χ1n) is 6.98. The average Bonchev–Trinajstić information content (AvgIpc) is 2.79. The normalized spacial score (nSPS) is 10.7. The summed E-state index contributed by atoms with van der Waals surface area (Å²) in [5, 5.41) is 12.6. The van der Waals surface area contributed by atoms with Crippen LogP contribution < -0.4 is 5.32 Å². The van der Waals surface area contributed by atoms with Gasteiger partial charge in [-0.15, -0.1) is 11.3 Å². The van der Waals surface area contributed by atoms with Crippen LogP contribution in [0.2, 0.25) is 0 Å². The molecule has 5 nitrogen and oxygen atoms in total. The van der Waals surface area contributed by atoms with Gasteiger partial charge in [-0.3, -0.25) is 4.79 Å². The van der Waals surface area contributed by atoms with Crippen molar-refractivity contribution < 1.29 is 14.7 Å². The number of carbonyl (C=O) groups excluding carboxylic acids is 1. The van der Waals surface area contributed by atoms with Crippen molar-refractivity contribution in [3.05, 3.63) is 45.4 Å². The third-order valence-corrected chi connectivity index (χ3v) is 3.99. The molecular weight excluding hydrogens is 300 g/mol. The number of nitrogens with one attached hydrogen (secondary N) is 1. The molecule has 116 valence electrons. The first kappa shape index (κ1) is 16.2. The predicted molar refractivity (Wildman–Crippen MR) is 86.7 cm³/mol. The molecule has 22 heavy (non-hydrogen) atoms. The number of aromatic carboxylic acids is 1. The van der Waals surface area contributed by atoms with Crippen LogP contribution in [0.5, 0.6) is 0 Å². The average molecular weight is 318 g/mol. The Kier molecular flexibility index (Phi) is 4.92. The molecule has 0 bridgehead atoms. The Morgan fingerprint density at radius 1 is 1.36 bits per heavy atom. The topological polar surface area (TPSA) is 79.3 Å². The summed E-state index contributed by atoms with van der Waals surface area (Å²) in [6, 6.07) is 6.20. The van der Waals surface area contributed by atoms with Crippen LogP contribution in [-0.2, 0) is 6.42 Å². The number of aromatic nitrogens is 1. The zero-order valence-corrected chi connectivity index (χ0v) is 13.5. The summed E-state index contributed by atoms with van der Waals surface area (Å²) >= 11 is 1.35. The second-order valence-corrected chi connectivity index (χ2v) is 6.65. The molecule has 6 heteroatoms. The molecule has 0 unspecified atom stereocenters. The maximum absolute atomic E-state index is 12.4. The highest BCUT2D eigenvalue weighted by Crippen LogP contribution is 2.22. The van der Waals surface area contributed by atoms with Gasteiger partial charge in [0, 0.05) is 5.69 Å². The number of carboxylic acid groups (broad SMARTS) is 1. The lowest BCUT2D eigenvalue weighted by Crippen LogP contribution is -2.13. The van der Waals surface area contributed by atoms with Gasteiger partial charge in [-0.25, -0.2) is 9.78 Å². The lowest BCUT2D eigenvalue weighted by molar-refractivity contribution is 0.0696. The molecule has 0 aliphatic carbocycles. The standard InChI is InChI=1S/C16H18N2O3S/c1-9(2)7-13-14(22-10(3)17-13)15(19)18-12-6-4-5-11(8-12)16(20)21/h4-6,8-9H,7H2,1-3H3,(H,18,19)(H,20,21). The van der Waals surface area contributed by atoms with Crippen molar-refractivity contribution in [1.82, 2.24) is 4.98 Å². The van der Waals surface area contributed by atoms with E-state index in [0.717, 1.165) is 17.1 Å². The molecule has 2 rings (SSSR count). The minimum atomic E-state index is -1.02. The van der Waals surface area contributed by atoms with E-state index in [9.17, 15) is 9.59 Å². The molecule has 0 fully saturated rings. The fourth-order valence-electron chi connectivity index (χ4n) is 2.09. The molecule has 0 saturated carbocycles. The van der Waals surface area contributed by atoms with Crippen molar-refractivity contribution in [3.8, 4) is 0 Å². The van der Waals surface area contributed by atoms with Crippen molar-refractivity contribution in [2.45, 2.75) is 27.2 Å². The van der Waals surface area contributed by atoms with Gasteiger partial charge in [0.05, 0.1) is 16.3 Å².